The van der Waals surface area contributed by atoms with Gasteiger partial charge in [-0.15, -0.1) is 0 Å². The zero-order valence-electron chi connectivity index (χ0n) is 10.7. The minimum atomic E-state index is -0.793. The first-order chi connectivity index (χ1) is 7.82. The molecule has 0 spiro atoms. The van der Waals surface area contributed by atoms with E-state index in [1.807, 2.05) is 20.8 Å². The first kappa shape index (κ1) is 13.4. The number of carbonyl (C=O) groups is 2. The van der Waals surface area contributed by atoms with Gasteiger partial charge in [-0.25, -0.2) is 4.79 Å². The van der Waals surface area contributed by atoms with Crippen LogP contribution in [-0.2, 0) is 9.53 Å². The molecule has 0 amide bonds. The third-order valence-electron chi connectivity index (χ3n) is 2.72. The quantitative estimate of drug-likeness (QED) is 0.459. The van der Waals surface area contributed by atoms with Gasteiger partial charge in [-0.1, -0.05) is 51.1 Å². The maximum atomic E-state index is 11.7. The van der Waals surface area contributed by atoms with Crippen LogP contribution in [0.5, 0.6) is 0 Å². The molecule has 0 saturated heterocycles. The van der Waals surface area contributed by atoms with Gasteiger partial charge < -0.3 is 4.74 Å². The van der Waals surface area contributed by atoms with Gasteiger partial charge in [-0.05, 0) is 12.3 Å². The van der Waals surface area contributed by atoms with Crippen LogP contribution < -0.4 is 0 Å². The molecule has 0 heterocycles. The molecule has 1 rings (SSSR count). The van der Waals surface area contributed by atoms with Crippen LogP contribution >= 0.6 is 0 Å². The SMILES string of the molecule is C[C@H](OC(=O)C(=O)c1ccccc1)C(C)(C)C. The van der Waals surface area contributed by atoms with E-state index in [0.717, 1.165) is 0 Å². The van der Waals surface area contributed by atoms with Crippen LogP contribution in [0.3, 0.4) is 0 Å². The standard InChI is InChI=1S/C14H18O3/c1-10(14(2,3)4)17-13(16)12(15)11-8-6-5-7-9-11/h5-10H,1-4H3/t10-/m0/s1. The summed E-state index contributed by atoms with van der Waals surface area (Å²) in [5, 5.41) is 0. The summed E-state index contributed by atoms with van der Waals surface area (Å²) in [7, 11) is 0. The molecule has 0 N–H and O–H groups in total. The highest BCUT2D eigenvalue weighted by Crippen LogP contribution is 2.22. The normalized spacial score (nSPS) is 12.9. The van der Waals surface area contributed by atoms with Gasteiger partial charge in [-0.2, -0.15) is 0 Å². The lowest BCUT2D eigenvalue weighted by molar-refractivity contribution is -0.147. The lowest BCUT2D eigenvalue weighted by Gasteiger charge is -2.26. The van der Waals surface area contributed by atoms with Crippen LogP contribution in [0.1, 0.15) is 38.1 Å². The lowest BCUT2D eigenvalue weighted by Crippen LogP contribution is -2.31. The van der Waals surface area contributed by atoms with Crippen molar-refractivity contribution < 1.29 is 14.3 Å². The fourth-order valence-corrected chi connectivity index (χ4v) is 1.10. The Morgan fingerprint density at radius 3 is 2.12 bits per heavy atom. The predicted molar refractivity (Wildman–Crippen MR) is 65.8 cm³/mol. The van der Waals surface area contributed by atoms with E-state index in [4.69, 9.17) is 4.74 Å². The van der Waals surface area contributed by atoms with E-state index in [1.165, 1.54) is 0 Å². The zero-order chi connectivity index (χ0) is 13.1. The van der Waals surface area contributed by atoms with Crippen molar-refractivity contribution in [3.8, 4) is 0 Å². The largest absolute Gasteiger partial charge is 0.456 e. The molecule has 92 valence electrons. The Morgan fingerprint density at radius 2 is 1.65 bits per heavy atom. The van der Waals surface area contributed by atoms with E-state index >= 15 is 0 Å². The van der Waals surface area contributed by atoms with Gasteiger partial charge in [0, 0.05) is 5.56 Å². The molecule has 1 aromatic carbocycles. The van der Waals surface area contributed by atoms with E-state index in [2.05, 4.69) is 0 Å². The highest BCUT2D eigenvalue weighted by molar-refractivity contribution is 6.40. The number of hydrogen-bond acceptors (Lipinski definition) is 3. The zero-order valence-corrected chi connectivity index (χ0v) is 10.7. The molecule has 1 aromatic rings. The number of ketones is 1. The summed E-state index contributed by atoms with van der Waals surface area (Å²) >= 11 is 0. The number of rotatable bonds is 3. The molecule has 0 fully saturated rings. The Hall–Kier alpha value is -1.64. The van der Waals surface area contributed by atoms with Gasteiger partial charge in [0.15, 0.2) is 0 Å². The molecule has 3 nitrogen and oxygen atoms in total. The minimum absolute atomic E-state index is 0.174. The second kappa shape index (κ2) is 5.13. The number of ether oxygens (including phenoxy) is 1. The molecule has 0 unspecified atom stereocenters. The molecule has 3 heteroatoms. The molecular weight excluding hydrogens is 216 g/mol. The van der Waals surface area contributed by atoms with E-state index < -0.39 is 11.8 Å². The van der Waals surface area contributed by atoms with E-state index in [0.29, 0.717) is 5.56 Å². The Morgan fingerprint density at radius 1 is 1.12 bits per heavy atom. The molecule has 0 aromatic heterocycles. The number of esters is 1. The maximum Gasteiger partial charge on any atom is 0.379 e. The van der Waals surface area contributed by atoms with Crippen LogP contribution in [0.4, 0.5) is 0 Å². The van der Waals surface area contributed by atoms with Crippen molar-refractivity contribution in [3.63, 3.8) is 0 Å². The smallest absolute Gasteiger partial charge is 0.379 e. The average molecular weight is 234 g/mol. The van der Waals surface area contributed by atoms with E-state index in [-0.39, 0.29) is 11.5 Å². The number of hydrogen-bond donors (Lipinski definition) is 0. The molecule has 0 aliphatic heterocycles. The summed E-state index contributed by atoms with van der Waals surface area (Å²) in [4.78, 5) is 23.4. The van der Waals surface area contributed by atoms with Gasteiger partial charge in [0.25, 0.3) is 5.78 Å². The van der Waals surface area contributed by atoms with Gasteiger partial charge >= 0.3 is 5.97 Å². The molecule has 0 saturated carbocycles. The molecule has 17 heavy (non-hydrogen) atoms. The van der Waals surface area contributed by atoms with Crippen molar-refractivity contribution in [2.45, 2.75) is 33.8 Å². The molecule has 0 aliphatic carbocycles. The molecule has 0 radical (unpaired) electrons. The third kappa shape index (κ3) is 3.70. The van der Waals surface area contributed by atoms with Crippen LogP contribution in [-0.4, -0.2) is 17.9 Å². The summed E-state index contributed by atoms with van der Waals surface area (Å²) in [6.45, 7) is 7.66. The van der Waals surface area contributed by atoms with Gasteiger partial charge in [0.2, 0.25) is 0 Å². The Kier molecular flexibility index (Phi) is 4.05. The number of Topliss-reactive ketones (excluding diaryl/α,β-unsaturated/α-hetero) is 1. The maximum absolute atomic E-state index is 11.7. The highest BCUT2D eigenvalue weighted by Gasteiger charge is 2.27. The van der Waals surface area contributed by atoms with E-state index in [1.54, 1.807) is 37.3 Å². The van der Waals surface area contributed by atoms with Crippen molar-refractivity contribution >= 4 is 11.8 Å². The van der Waals surface area contributed by atoms with Crippen LogP contribution in [0, 0.1) is 5.41 Å². The summed E-state index contributed by atoms with van der Waals surface area (Å²) in [5.74, 6) is -1.39. The van der Waals surface area contributed by atoms with Crippen molar-refractivity contribution in [1.29, 1.82) is 0 Å². The monoisotopic (exact) mass is 234 g/mol. The molecular formula is C14H18O3. The molecule has 0 aliphatic rings. The molecule has 0 bridgehead atoms. The Balaban J connectivity index is 2.70. The van der Waals surface area contributed by atoms with Crippen LogP contribution in [0.15, 0.2) is 30.3 Å². The fourth-order valence-electron chi connectivity index (χ4n) is 1.10. The summed E-state index contributed by atoms with van der Waals surface area (Å²) < 4.78 is 5.14. The topological polar surface area (TPSA) is 43.4 Å². The Bertz CT molecular complexity index is 401. The number of carbonyl (C=O) groups excluding carboxylic acids is 2. The average Bonchev–Trinajstić information content (AvgIpc) is 2.27. The highest BCUT2D eigenvalue weighted by atomic mass is 16.5. The van der Waals surface area contributed by atoms with Crippen molar-refractivity contribution in [3.05, 3.63) is 35.9 Å². The first-order valence-corrected chi connectivity index (χ1v) is 5.62. The summed E-state index contributed by atoms with van der Waals surface area (Å²) in [6, 6.07) is 8.43. The second-order valence-electron chi connectivity index (χ2n) is 5.11. The van der Waals surface area contributed by atoms with Crippen LogP contribution in [0.25, 0.3) is 0 Å². The fraction of sp³-hybridized carbons (Fsp3) is 0.429. The van der Waals surface area contributed by atoms with E-state index in [9.17, 15) is 9.59 Å². The van der Waals surface area contributed by atoms with Crippen molar-refractivity contribution in [2.24, 2.45) is 5.41 Å². The number of benzene rings is 1. The third-order valence-corrected chi connectivity index (χ3v) is 2.72. The van der Waals surface area contributed by atoms with Crippen molar-refractivity contribution in [1.82, 2.24) is 0 Å². The molecule has 1 atom stereocenters. The lowest BCUT2D eigenvalue weighted by atomic mass is 9.90. The predicted octanol–water partition coefficient (Wildman–Crippen LogP) is 2.85. The minimum Gasteiger partial charge on any atom is -0.456 e. The summed E-state index contributed by atoms with van der Waals surface area (Å²) in [6.07, 6.45) is -0.303. The Labute approximate surface area is 102 Å². The second-order valence-corrected chi connectivity index (χ2v) is 5.11. The van der Waals surface area contributed by atoms with Gasteiger partial charge in [0.05, 0.1) is 0 Å². The van der Waals surface area contributed by atoms with Crippen molar-refractivity contribution in [2.75, 3.05) is 0 Å². The first-order valence-electron chi connectivity index (χ1n) is 5.62. The summed E-state index contributed by atoms with van der Waals surface area (Å²) in [5.41, 5.74) is 0.186. The van der Waals surface area contributed by atoms with Crippen LogP contribution in [0.2, 0.25) is 0 Å². The van der Waals surface area contributed by atoms with Gasteiger partial charge in [0.1, 0.15) is 6.10 Å². The van der Waals surface area contributed by atoms with Gasteiger partial charge in [-0.3, -0.25) is 4.79 Å².